The summed E-state index contributed by atoms with van der Waals surface area (Å²) < 4.78 is 15.3. The Morgan fingerprint density at radius 1 is 1.05 bits per heavy atom. The van der Waals surface area contributed by atoms with Crippen LogP contribution in [0.3, 0.4) is 0 Å². The maximum atomic E-state index is 15.3. The van der Waals surface area contributed by atoms with Crippen molar-refractivity contribution in [2.24, 2.45) is 5.92 Å². The van der Waals surface area contributed by atoms with Crippen molar-refractivity contribution in [2.45, 2.75) is 38.5 Å². The van der Waals surface area contributed by atoms with Crippen molar-refractivity contribution in [1.82, 2.24) is 30.1 Å². The quantitative estimate of drug-likeness (QED) is 0.200. The van der Waals surface area contributed by atoms with Gasteiger partial charge in [-0.05, 0) is 48.4 Å². The van der Waals surface area contributed by atoms with Crippen molar-refractivity contribution in [1.29, 1.82) is 0 Å². The summed E-state index contributed by atoms with van der Waals surface area (Å²) in [7, 11) is 0. The van der Waals surface area contributed by atoms with E-state index in [0.717, 1.165) is 35.1 Å². The number of hydrogen-bond acceptors (Lipinski definition) is 6. The van der Waals surface area contributed by atoms with Gasteiger partial charge in [0.05, 0.1) is 28.6 Å². The molecule has 1 saturated carbocycles. The summed E-state index contributed by atoms with van der Waals surface area (Å²) in [5.41, 5.74) is 5.99. The Morgan fingerprint density at radius 3 is 2.80 bits per heavy atom. The average molecular weight is 552 g/mol. The van der Waals surface area contributed by atoms with Gasteiger partial charge in [0.2, 0.25) is 5.91 Å². The molecule has 5 heterocycles. The molecule has 1 aliphatic carbocycles. The van der Waals surface area contributed by atoms with E-state index in [4.69, 9.17) is 4.98 Å². The fraction of sp³-hybridized carbons (Fsp3) is 0.233. The molecule has 1 amide bonds. The van der Waals surface area contributed by atoms with Crippen LogP contribution in [0.25, 0.3) is 55.8 Å². The van der Waals surface area contributed by atoms with Crippen LogP contribution < -0.4 is 5.32 Å². The molecule has 1 fully saturated rings. The van der Waals surface area contributed by atoms with Crippen LogP contribution in [0.1, 0.15) is 38.5 Å². The van der Waals surface area contributed by atoms with Crippen LogP contribution in [-0.4, -0.2) is 36.0 Å². The highest BCUT2D eigenvalue weighted by molar-refractivity contribution is 7.08. The minimum atomic E-state index is -0.413. The zero-order valence-corrected chi connectivity index (χ0v) is 22.4. The van der Waals surface area contributed by atoms with Gasteiger partial charge < -0.3 is 10.3 Å². The number of imidazole rings is 1. The van der Waals surface area contributed by atoms with E-state index in [9.17, 15) is 4.79 Å². The van der Waals surface area contributed by atoms with E-state index in [2.05, 4.69) is 30.5 Å². The molecule has 3 N–H and O–H groups in total. The third-order valence-corrected chi connectivity index (χ3v) is 8.29. The number of hydrogen-bond donors (Lipinski definition) is 3. The molecular weight excluding hydrogens is 525 g/mol. The van der Waals surface area contributed by atoms with Gasteiger partial charge >= 0.3 is 0 Å². The van der Waals surface area contributed by atoms with Gasteiger partial charge in [-0.2, -0.15) is 16.4 Å². The second-order valence-electron chi connectivity index (χ2n) is 10.3. The molecule has 0 saturated heterocycles. The van der Waals surface area contributed by atoms with E-state index in [0.29, 0.717) is 51.6 Å². The number of rotatable bonds is 6. The van der Waals surface area contributed by atoms with Crippen molar-refractivity contribution in [3.8, 4) is 33.9 Å². The summed E-state index contributed by atoms with van der Waals surface area (Å²) >= 11 is 1.60. The maximum absolute atomic E-state index is 15.3. The average Bonchev–Trinajstić information content (AvgIpc) is 3.72. The van der Waals surface area contributed by atoms with Crippen LogP contribution >= 0.6 is 11.3 Å². The number of pyridine rings is 2. The summed E-state index contributed by atoms with van der Waals surface area (Å²) in [5.74, 6) is 0.550. The highest BCUT2D eigenvalue weighted by Gasteiger charge is 2.20. The Morgan fingerprint density at radius 2 is 1.95 bits per heavy atom. The Balaban J connectivity index is 1.21. The zero-order chi connectivity index (χ0) is 27.1. The van der Waals surface area contributed by atoms with Crippen LogP contribution in [0, 0.1) is 11.7 Å². The van der Waals surface area contributed by atoms with E-state index in [1.54, 1.807) is 42.1 Å². The number of aromatic nitrogens is 6. The van der Waals surface area contributed by atoms with Crippen molar-refractivity contribution in [3.63, 3.8) is 0 Å². The SMILES string of the molecule is O=C(CC1CCCCC1)Nc1cncc(-c2cc3c(-c4nc5c(-c6ccsc6)nccc5[nH]4)n[nH]c3cc2F)c1. The van der Waals surface area contributed by atoms with Gasteiger partial charge in [0.15, 0.2) is 5.82 Å². The van der Waals surface area contributed by atoms with Crippen molar-refractivity contribution in [3.05, 3.63) is 65.5 Å². The number of nitrogens with zero attached hydrogens (tertiary/aromatic N) is 4. The predicted molar refractivity (Wildman–Crippen MR) is 155 cm³/mol. The molecule has 7 rings (SSSR count). The van der Waals surface area contributed by atoms with Gasteiger partial charge in [-0.25, -0.2) is 9.37 Å². The number of nitrogens with one attached hydrogen (secondary N) is 3. The van der Waals surface area contributed by atoms with Crippen LogP contribution in [0.5, 0.6) is 0 Å². The monoisotopic (exact) mass is 551 g/mol. The number of halogens is 1. The molecule has 0 aliphatic heterocycles. The van der Waals surface area contributed by atoms with E-state index in [1.807, 2.05) is 22.9 Å². The molecule has 200 valence electrons. The number of benzene rings is 1. The standard InChI is InChI=1S/C30H26FN7OS/c31-23-13-25-22(12-21(23)19-11-20(15-32-14-19)34-26(39)10-17-4-2-1-3-5-17)28(38-37-25)30-35-24-6-8-33-27(29(24)36-30)18-7-9-40-16-18/h6-9,11-17H,1-5,10H2,(H,34,39)(H,35,36)(H,37,38). The summed E-state index contributed by atoms with van der Waals surface area (Å²) in [6.07, 6.45) is 11.3. The minimum absolute atomic E-state index is 0.0277. The summed E-state index contributed by atoms with van der Waals surface area (Å²) in [6.45, 7) is 0. The van der Waals surface area contributed by atoms with Crippen molar-refractivity contribution in [2.75, 3.05) is 5.32 Å². The number of aromatic amines is 2. The largest absolute Gasteiger partial charge is 0.336 e. The first-order valence-electron chi connectivity index (χ1n) is 13.4. The Kier molecular flexibility index (Phi) is 6.31. The van der Waals surface area contributed by atoms with Gasteiger partial charge in [-0.3, -0.25) is 19.9 Å². The Bertz CT molecular complexity index is 1840. The molecule has 1 aromatic carbocycles. The number of carbonyl (C=O) groups is 1. The van der Waals surface area contributed by atoms with Crippen LogP contribution in [0.2, 0.25) is 0 Å². The first-order valence-corrected chi connectivity index (χ1v) is 14.4. The molecule has 0 radical (unpaired) electrons. The van der Waals surface area contributed by atoms with E-state index in [1.165, 1.54) is 25.3 Å². The molecule has 6 aromatic rings. The van der Waals surface area contributed by atoms with Crippen molar-refractivity contribution < 1.29 is 9.18 Å². The highest BCUT2D eigenvalue weighted by atomic mass is 32.1. The van der Waals surface area contributed by atoms with E-state index >= 15 is 4.39 Å². The lowest BCUT2D eigenvalue weighted by atomic mass is 9.87. The lowest BCUT2D eigenvalue weighted by Crippen LogP contribution is -2.18. The van der Waals surface area contributed by atoms with Gasteiger partial charge in [0.1, 0.15) is 17.0 Å². The first-order chi connectivity index (χ1) is 19.6. The number of anilines is 1. The Labute approximate surface area is 233 Å². The molecule has 0 spiro atoms. The number of thiophene rings is 1. The summed E-state index contributed by atoms with van der Waals surface area (Å²) in [6, 6.07) is 8.83. The first kappa shape index (κ1) is 24.6. The van der Waals surface area contributed by atoms with Crippen LogP contribution in [0.15, 0.2) is 59.7 Å². The molecule has 0 bridgehead atoms. The number of amides is 1. The molecule has 5 aromatic heterocycles. The van der Waals surface area contributed by atoms with Gasteiger partial charge in [-0.15, -0.1) is 0 Å². The van der Waals surface area contributed by atoms with Crippen molar-refractivity contribution >= 4 is 44.9 Å². The number of carbonyl (C=O) groups excluding carboxylic acids is 1. The fourth-order valence-corrected chi connectivity index (χ4v) is 6.26. The Hall–Kier alpha value is -4.44. The van der Waals surface area contributed by atoms with E-state index < -0.39 is 5.82 Å². The van der Waals surface area contributed by atoms with Gasteiger partial charge in [-0.1, -0.05) is 19.3 Å². The molecule has 40 heavy (non-hydrogen) atoms. The summed E-state index contributed by atoms with van der Waals surface area (Å²) in [5, 5.41) is 15.1. The number of H-pyrrole nitrogens is 2. The minimum Gasteiger partial charge on any atom is -0.336 e. The third kappa shape index (κ3) is 4.64. The summed E-state index contributed by atoms with van der Waals surface area (Å²) in [4.78, 5) is 29.7. The lowest BCUT2D eigenvalue weighted by molar-refractivity contribution is -0.117. The fourth-order valence-electron chi connectivity index (χ4n) is 5.62. The van der Waals surface area contributed by atoms with Crippen LogP contribution in [-0.2, 0) is 4.79 Å². The van der Waals surface area contributed by atoms with Gasteiger partial charge in [0.25, 0.3) is 0 Å². The normalized spacial score (nSPS) is 14.2. The predicted octanol–water partition coefficient (Wildman–Crippen LogP) is 7.34. The van der Waals surface area contributed by atoms with Crippen LogP contribution in [0.4, 0.5) is 10.1 Å². The molecule has 8 nitrogen and oxygen atoms in total. The highest BCUT2D eigenvalue weighted by Crippen LogP contribution is 2.34. The zero-order valence-electron chi connectivity index (χ0n) is 21.6. The topological polar surface area (TPSA) is 112 Å². The molecule has 0 atom stereocenters. The second-order valence-corrected chi connectivity index (χ2v) is 11.1. The molecular formula is C30H26FN7OS. The number of fused-ring (bicyclic) bond motifs is 2. The maximum Gasteiger partial charge on any atom is 0.224 e. The smallest absolute Gasteiger partial charge is 0.224 e. The van der Waals surface area contributed by atoms with Gasteiger partial charge in [0, 0.05) is 52.3 Å². The van der Waals surface area contributed by atoms with E-state index in [-0.39, 0.29) is 5.91 Å². The molecule has 1 aliphatic rings. The second kappa shape index (κ2) is 10.3. The lowest BCUT2D eigenvalue weighted by Gasteiger charge is -2.20. The molecule has 10 heteroatoms. The third-order valence-electron chi connectivity index (χ3n) is 7.60. The molecule has 0 unspecified atom stereocenters.